The predicted molar refractivity (Wildman–Crippen MR) is 127 cm³/mol. The highest BCUT2D eigenvalue weighted by atomic mass is 16.5. The molecule has 2 heterocycles. The van der Waals surface area contributed by atoms with Crippen LogP contribution in [0, 0.1) is 0 Å². The minimum absolute atomic E-state index is 0.378. The van der Waals surface area contributed by atoms with Gasteiger partial charge in [0.05, 0.1) is 6.10 Å². The van der Waals surface area contributed by atoms with Gasteiger partial charge in [-0.05, 0) is 35.6 Å². The van der Waals surface area contributed by atoms with E-state index in [4.69, 9.17) is 9.47 Å². The minimum Gasteiger partial charge on any atom is -0.381 e. The van der Waals surface area contributed by atoms with Crippen LogP contribution in [-0.2, 0) is 16.0 Å². The maximum atomic E-state index is 5.96. The number of hydrogen-bond donors (Lipinski definition) is 1. The second-order valence-corrected chi connectivity index (χ2v) is 8.41. The van der Waals surface area contributed by atoms with Gasteiger partial charge in [0.1, 0.15) is 0 Å². The molecule has 2 aromatic carbocycles. The van der Waals surface area contributed by atoms with E-state index in [9.17, 15) is 0 Å². The molecule has 2 aromatic rings. The standard InChI is InChI=1S/C25H36N4O2/c1-26-25(27-12-5-17-31-23-10-18-30-19-11-23)29-15-13-28(14-16-29)20-22-8-4-7-21-6-2-3-9-24(21)22/h2-4,6-9,23H,5,10-20H2,1H3,(H,26,27). The zero-order valence-electron chi connectivity index (χ0n) is 18.8. The van der Waals surface area contributed by atoms with Crippen molar-refractivity contribution < 1.29 is 9.47 Å². The number of hydrogen-bond acceptors (Lipinski definition) is 4. The van der Waals surface area contributed by atoms with Gasteiger partial charge in [-0.1, -0.05) is 42.5 Å². The fourth-order valence-corrected chi connectivity index (χ4v) is 4.49. The lowest BCUT2D eigenvalue weighted by Crippen LogP contribution is -2.52. The van der Waals surface area contributed by atoms with Gasteiger partial charge in [-0.15, -0.1) is 0 Å². The van der Waals surface area contributed by atoms with Crippen LogP contribution < -0.4 is 5.32 Å². The molecule has 0 atom stereocenters. The Balaban J connectivity index is 1.18. The summed E-state index contributed by atoms with van der Waals surface area (Å²) in [6, 6.07) is 15.3. The average molecular weight is 425 g/mol. The van der Waals surface area contributed by atoms with Crippen LogP contribution in [0.25, 0.3) is 10.8 Å². The highest BCUT2D eigenvalue weighted by Crippen LogP contribution is 2.20. The molecule has 0 bridgehead atoms. The van der Waals surface area contributed by atoms with E-state index < -0.39 is 0 Å². The van der Waals surface area contributed by atoms with Crippen LogP contribution in [0.15, 0.2) is 47.5 Å². The molecule has 6 nitrogen and oxygen atoms in total. The number of rotatable bonds is 7. The number of guanidine groups is 1. The third-order valence-corrected chi connectivity index (χ3v) is 6.28. The maximum absolute atomic E-state index is 5.96. The van der Waals surface area contributed by atoms with Crippen molar-refractivity contribution in [2.75, 3.05) is 59.6 Å². The summed E-state index contributed by atoms with van der Waals surface area (Å²) in [6.07, 6.45) is 3.43. The van der Waals surface area contributed by atoms with E-state index >= 15 is 0 Å². The highest BCUT2D eigenvalue weighted by molar-refractivity contribution is 5.85. The van der Waals surface area contributed by atoms with Crippen LogP contribution in [0.5, 0.6) is 0 Å². The number of nitrogens with one attached hydrogen (secondary N) is 1. The average Bonchev–Trinajstić information content (AvgIpc) is 2.83. The van der Waals surface area contributed by atoms with Crippen LogP contribution >= 0.6 is 0 Å². The Morgan fingerprint density at radius 1 is 1.06 bits per heavy atom. The van der Waals surface area contributed by atoms with Crippen LogP contribution in [-0.4, -0.2) is 81.5 Å². The maximum Gasteiger partial charge on any atom is 0.193 e. The van der Waals surface area contributed by atoms with Gasteiger partial charge in [0.2, 0.25) is 0 Å². The van der Waals surface area contributed by atoms with E-state index in [0.29, 0.717) is 6.10 Å². The van der Waals surface area contributed by atoms with Gasteiger partial charge in [0.15, 0.2) is 5.96 Å². The van der Waals surface area contributed by atoms with Crippen molar-refractivity contribution in [2.24, 2.45) is 4.99 Å². The second-order valence-electron chi connectivity index (χ2n) is 8.41. The van der Waals surface area contributed by atoms with Gasteiger partial charge < -0.3 is 19.7 Å². The summed E-state index contributed by atoms with van der Waals surface area (Å²) < 4.78 is 11.3. The molecule has 6 heteroatoms. The lowest BCUT2D eigenvalue weighted by Gasteiger charge is -2.36. The van der Waals surface area contributed by atoms with E-state index in [2.05, 4.69) is 62.6 Å². The smallest absolute Gasteiger partial charge is 0.193 e. The van der Waals surface area contributed by atoms with Crippen molar-refractivity contribution in [1.29, 1.82) is 0 Å². The molecular weight excluding hydrogens is 388 g/mol. The van der Waals surface area contributed by atoms with Crippen molar-refractivity contribution in [3.8, 4) is 0 Å². The zero-order valence-corrected chi connectivity index (χ0v) is 18.8. The molecule has 2 fully saturated rings. The Hall–Kier alpha value is -2.15. The summed E-state index contributed by atoms with van der Waals surface area (Å²) in [5.41, 5.74) is 1.42. The van der Waals surface area contributed by atoms with Gasteiger partial charge in [0.25, 0.3) is 0 Å². The first-order chi connectivity index (χ1) is 15.3. The largest absolute Gasteiger partial charge is 0.381 e. The van der Waals surface area contributed by atoms with Gasteiger partial charge in [-0.3, -0.25) is 9.89 Å². The predicted octanol–water partition coefficient (Wildman–Crippen LogP) is 3.12. The normalized spacial score (nSPS) is 19.1. The Morgan fingerprint density at radius 3 is 2.65 bits per heavy atom. The topological polar surface area (TPSA) is 49.3 Å². The van der Waals surface area contributed by atoms with Crippen molar-refractivity contribution in [3.05, 3.63) is 48.0 Å². The second kappa shape index (κ2) is 11.5. The van der Waals surface area contributed by atoms with Gasteiger partial charge in [0, 0.05) is 66.1 Å². The highest BCUT2D eigenvalue weighted by Gasteiger charge is 2.20. The third-order valence-electron chi connectivity index (χ3n) is 6.28. The summed E-state index contributed by atoms with van der Waals surface area (Å²) in [6.45, 7) is 8.48. The van der Waals surface area contributed by atoms with Crippen LogP contribution in [0.4, 0.5) is 0 Å². The molecular formula is C25H36N4O2. The molecule has 0 radical (unpaired) electrons. The molecule has 0 amide bonds. The van der Waals surface area contributed by atoms with Crippen molar-refractivity contribution in [1.82, 2.24) is 15.1 Å². The molecule has 31 heavy (non-hydrogen) atoms. The van der Waals surface area contributed by atoms with Crippen LogP contribution in [0.3, 0.4) is 0 Å². The van der Waals surface area contributed by atoms with E-state index in [1.807, 2.05) is 7.05 Å². The first kappa shape index (κ1) is 22.1. The molecule has 2 aliphatic heterocycles. The summed E-state index contributed by atoms with van der Waals surface area (Å²) >= 11 is 0. The first-order valence-electron chi connectivity index (χ1n) is 11.7. The Bertz CT molecular complexity index is 837. The van der Waals surface area contributed by atoms with Crippen molar-refractivity contribution >= 4 is 16.7 Å². The van der Waals surface area contributed by atoms with E-state index in [0.717, 1.165) is 84.3 Å². The summed E-state index contributed by atoms with van der Waals surface area (Å²) in [5, 5.41) is 6.21. The molecule has 0 saturated carbocycles. The third kappa shape index (κ3) is 6.19. The monoisotopic (exact) mass is 424 g/mol. The first-order valence-corrected chi connectivity index (χ1v) is 11.7. The van der Waals surface area contributed by atoms with Crippen LogP contribution in [0.2, 0.25) is 0 Å². The number of aliphatic imine (C=N–C) groups is 1. The quantitative estimate of drug-likeness (QED) is 0.420. The van der Waals surface area contributed by atoms with Crippen molar-refractivity contribution in [3.63, 3.8) is 0 Å². The molecule has 2 aliphatic rings. The Kier molecular flexibility index (Phi) is 8.16. The van der Waals surface area contributed by atoms with Crippen molar-refractivity contribution in [2.45, 2.75) is 31.9 Å². The van der Waals surface area contributed by atoms with E-state index in [1.54, 1.807) is 0 Å². The summed E-state index contributed by atoms with van der Waals surface area (Å²) in [5.74, 6) is 1.01. The molecule has 4 rings (SSSR count). The summed E-state index contributed by atoms with van der Waals surface area (Å²) in [4.78, 5) is 9.43. The SMILES string of the molecule is CN=C(NCCCOC1CCOCC1)N1CCN(Cc2cccc3ccccc23)CC1. The molecule has 0 unspecified atom stereocenters. The number of piperazine rings is 1. The van der Waals surface area contributed by atoms with Gasteiger partial charge in [-0.25, -0.2) is 0 Å². The lowest BCUT2D eigenvalue weighted by molar-refractivity contribution is -0.0320. The Labute approximate surface area is 186 Å². The molecule has 0 aliphatic carbocycles. The molecule has 2 saturated heterocycles. The zero-order chi connectivity index (χ0) is 21.3. The lowest BCUT2D eigenvalue weighted by atomic mass is 10.0. The Morgan fingerprint density at radius 2 is 1.84 bits per heavy atom. The molecule has 0 aromatic heterocycles. The fraction of sp³-hybridized carbons (Fsp3) is 0.560. The number of nitrogens with zero attached hydrogens (tertiary/aromatic N) is 3. The van der Waals surface area contributed by atoms with E-state index in [-0.39, 0.29) is 0 Å². The molecule has 0 spiro atoms. The minimum atomic E-state index is 0.378. The fourth-order valence-electron chi connectivity index (χ4n) is 4.49. The summed E-state index contributed by atoms with van der Waals surface area (Å²) in [7, 11) is 1.88. The number of ether oxygens (including phenoxy) is 2. The van der Waals surface area contributed by atoms with Crippen LogP contribution in [0.1, 0.15) is 24.8 Å². The van der Waals surface area contributed by atoms with Gasteiger partial charge >= 0.3 is 0 Å². The molecule has 168 valence electrons. The molecule has 1 N–H and O–H groups in total. The number of benzene rings is 2. The number of fused-ring (bicyclic) bond motifs is 1. The van der Waals surface area contributed by atoms with E-state index in [1.165, 1.54) is 16.3 Å². The van der Waals surface area contributed by atoms with Gasteiger partial charge in [-0.2, -0.15) is 0 Å².